The van der Waals surface area contributed by atoms with Crippen molar-refractivity contribution in [3.63, 3.8) is 0 Å². The maximum absolute atomic E-state index is 12.0. The first-order valence-corrected chi connectivity index (χ1v) is 7.71. The minimum Gasteiger partial charge on any atom is -0.332 e. The van der Waals surface area contributed by atoms with Crippen molar-refractivity contribution in [3.8, 4) is 5.69 Å². The average Bonchev–Trinajstić information content (AvgIpc) is 3.06. The monoisotopic (exact) mass is 321 g/mol. The Balaban J connectivity index is 2.11. The molecule has 3 aromatic rings. The SMILES string of the molecule is CC(=O)N(C)[C@@H](c1ccccc1)c1nnnn1-c1ccc(C)cc1. The Labute approximate surface area is 140 Å². The van der Waals surface area contributed by atoms with Gasteiger partial charge in [-0.05, 0) is 35.0 Å². The molecule has 0 N–H and O–H groups in total. The molecule has 122 valence electrons. The molecule has 0 saturated carbocycles. The highest BCUT2D eigenvalue weighted by Gasteiger charge is 2.27. The largest absolute Gasteiger partial charge is 0.332 e. The zero-order valence-corrected chi connectivity index (χ0v) is 13.9. The van der Waals surface area contributed by atoms with Crippen LogP contribution in [0, 0.1) is 6.92 Å². The predicted octanol–water partition coefficient (Wildman–Crippen LogP) is 2.54. The van der Waals surface area contributed by atoms with Crippen LogP contribution >= 0.6 is 0 Å². The number of amides is 1. The standard InChI is InChI=1S/C18H19N5O/c1-13-9-11-16(12-10-13)23-18(19-20-21-23)17(22(3)14(2)24)15-7-5-4-6-8-15/h4-12,17H,1-3H3/t17-/m0/s1. The zero-order valence-electron chi connectivity index (χ0n) is 13.9. The topological polar surface area (TPSA) is 63.9 Å². The predicted molar refractivity (Wildman–Crippen MR) is 90.6 cm³/mol. The summed E-state index contributed by atoms with van der Waals surface area (Å²) in [5.74, 6) is 0.546. The Morgan fingerprint density at radius 2 is 1.75 bits per heavy atom. The van der Waals surface area contributed by atoms with Gasteiger partial charge >= 0.3 is 0 Å². The molecule has 3 rings (SSSR count). The van der Waals surface area contributed by atoms with Crippen LogP contribution in [0.4, 0.5) is 0 Å². The summed E-state index contributed by atoms with van der Waals surface area (Å²) in [6.45, 7) is 3.57. The Hall–Kier alpha value is -3.02. The summed E-state index contributed by atoms with van der Waals surface area (Å²) < 4.78 is 1.68. The van der Waals surface area contributed by atoms with E-state index in [1.54, 1.807) is 16.6 Å². The molecule has 6 heteroatoms. The van der Waals surface area contributed by atoms with Gasteiger partial charge in [0.05, 0.1) is 5.69 Å². The molecule has 2 aromatic carbocycles. The van der Waals surface area contributed by atoms with E-state index in [1.165, 1.54) is 6.92 Å². The Bertz CT molecular complexity index is 826. The van der Waals surface area contributed by atoms with E-state index in [2.05, 4.69) is 15.5 Å². The quantitative estimate of drug-likeness (QED) is 0.741. The Morgan fingerprint density at radius 1 is 1.08 bits per heavy atom. The summed E-state index contributed by atoms with van der Waals surface area (Å²) in [4.78, 5) is 13.6. The van der Waals surface area contributed by atoms with Crippen LogP contribution in [0.25, 0.3) is 5.69 Å². The highest BCUT2D eigenvalue weighted by molar-refractivity contribution is 5.74. The second-order valence-electron chi connectivity index (χ2n) is 5.73. The lowest BCUT2D eigenvalue weighted by Gasteiger charge is -2.26. The molecule has 0 aliphatic heterocycles. The van der Waals surface area contributed by atoms with Gasteiger partial charge in [-0.15, -0.1) is 5.10 Å². The van der Waals surface area contributed by atoms with Gasteiger partial charge in [-0.3, -0.25) is 4.79 Å². The number of nitrogens with zero attached hydrogens (tertiary/aromatic N) is 5. The summed E-state index contributed by atoms with van der Waals surface area (Å²) in [5.41, 5.74) is 2.98. The van der Waals surface area contributed by atoms with Crippen LogP contribution in [0.15, 0.2) is 54.6 Å². The number of hydrogen-bond acceptors (Lipinski definition) is 4. The normalized spacial score (nSPS) is 12.0. The fraction of sp³-hybridized carbons (Fsp3) is 0.222. The summed E-state index contributed by atoms with van der Waals surface area (Å²) >= 11 is 0. The second-order valence-corrected chi connectivity index (χ2v) is 5.73. The minimum absolute atomic E-state index is 0.0534. The summed E-state index contributed by atoms with van der Waals surface area (Å²) in [6, 6.07) is 17.3. The van der Waals surface area contributed by atoms with E-state index in [4.69, 9.17) is 0 Å². The van der Waals surface area contributed by atoms with E-state index in [9.17, 15) is 4.79 Å². The van der Waals surface area contributed by atoms with Gasteiger partial charge in [0.25, 0.3) is 0 Å². The maximum Gasteiger partial charge on any atom is 0.220 e. The number of aryl methyl sites for hydroxylation is 1. The number of rotatable bonds is 4. The molecule has 1 heterocycles. The number of hydrogen-bond donors (Lipinski definition) is 0. The van der Waals surface area contributed by atoms with Crippen molar-refractivity contribution in [2.75, 3.05) is 7.05 Å². The van der Waals surface area contributed by atoms with Crippen LogP contribution in [0.1, 0.15) is 29.9 Å². The lowest BCUT2D eigenvalue weighted by molar-refractivity contribution is -0.129. The van der Waals surface area contributed by atoms with Crippen molar-refractivity contribution in [3.05, 3.63) is 71.5 Å². The first kappa shape index (κ1) is 15.9. The number of carbonyl (C=O) groups is 1. The molecule has 0 unspecified atom stereocenters. The van der Waals surface area contributed by atoms with Crippen LogP contribution < -0.4 is 0 Å². The maximum atomic E-state index is 12.0. The Kier molecular flexibility index (Phi) is 4.37. The number of benzene rings is 2. The van der Waals surface area contributed by atoms with Crippen molar-refractivity contribution < 1.29 is 4.79 Å². The lowest BCUT2D eigenvalue weighted by Crippen LogP contribution is -2.32. The van der Waals surface area contributed by atoms with Gasteiger partial charge in [-0.25, -0.2) is 0 Å². The van der Waals surface area contributed by atoms with Gasteiger partial charge in [0.15, 0.2) is 5.82 Å². The molecule has 0 spiro atoms. The van der Waals surface area contributed by atoms with E-state index in [1.807, 2.05) is 61.5 Å². The third-order valence-electron chi connectivity index (χ3n) is 4.02. The molecule has 1 aromatic heterocycles. The van der Waals surface area contributed by atoms with E-state index in [0.29, 0.717) is 5.82 Å². The summed E-state index contributed by atoms with van der Waals surface area (Å²) in [7, 11) is 1.76. The molecular weight excluding hydrogens is 302 g/mol. The molecule has 0 aliphatic rings. The molecule has 1 atom stereocenters. The molecule has 0 fully saturated rings. The van der Waals surface area contributed by atoms with Gasteiger partial charge < -0.3 is 4.90 Å². The molecule has 0 bridgehead atoms. The van der Waals surface area contributed by atoms with Gasteiger partial charge in [0.1, 0.15) is 6.04 Å². The lowest BCUT2D eigenvalue weighted by atomic mass is 10.0. The fourth-order valence-electron chi connectivity index (χ4n) is 2.60. The van der Waals surface area contributed by atoms with Crippen LogP contribution in [-0.2, 0) is 4.79 Å². The van der Waals surface area contributed by atoms with E-state index in [-0.39, 0.29) is 11.9 Å². The molecule has 0 radical (unpaired) electrons. The van der Waals surface area contributed by atoms with Gasteiger partial charge in [-0.1, -0.05) is 48.0 Å². The van der Waals surface area contributed by atoms with Crippen LogP contribution in [0.2, 0.25) is 0 Å². The number of aromatic nitrogens is 4. The van der Waals surface area contributed by atoms with Crippen molar-refractivity contribution in [2.24, 2.45) is 0 Å². The first-order valence-electron chi connectivity index (χ1n) is 7.71. The number of carbonyl (C=O) groups excluding carboxylic acids is 1. The minimum atomic E-state index is -0.361. The van der Waals surface area contributed by atoms with E-state index in [0.717, 1.165) is 16.8 Å². The third kappa shape index (κ3) is 3.03. The number of tetrazole rings is 1. The molecular formula is C18H19N5O. The highest BCUT2D eigenvalue weighted by Crippen LogP contribution is 2.27. The summed E-state index contributed by atoms with van der Waals surface area (Å²) in [5, 5.41) is 12.2. The van der Waals surface area contributed by atoms with Crippen LogP contribution in [0.5, 0.6) is 0 Å². The molecule has 0 saturated heterocycles. The smallest absolute Gasteiger partial charge is 0.220 e. The van der Waals surface area contributed by atoms with Crippen molar-refractivity contribution in [1.29, 1.82) is 0 Å². The van der Waals surface area contributed by atoms with Crippen molar-refractivity contribution in [2.45, 2.75) is 19.9 Å². The van der Waals surface area contributed by atoms with Crippen molar-refractivity contribution >= 4 is 5.91 Å². The average molecular weight is 321 g/mol. The molecule has 0 aliphatic carbocycles. The van der Waals surface area contributed by atoms with E-state index < -0.39 is 0 Å². The van der Waals surface area contributed by atoms with Gasteiger partial charge in [0.2, 0.25) is 5.91 Å². The zero-order chi connectivity index (χ0) is 17.1. The second kappa shape index (κ2) is 6.62. The Morgan fingerprint density at radius 3 is 2.38 bits per heavy atom. The molecule has 1 amide bonds. The highest BCUT2D eigenvalue weighted by atomic mass is 16.2. The van der Waals surface area contributed by atoms with Crippen molar-refractivity contribution in [1.82, 2.24) is 25.1 Å². The first-order chi connectivity index (χ1) is 11.6. The fourth-order valence-corrected chi connectivity index (χ4v) is 2.60. The van der Waals surface area contributed by atoms with E-state index >= 15 is 0 Å². The molecule has 24 heavy (non-hydrogen) atoms. The third-order valence-corrected chi connectivity index (χ3v) is 4.02. The molecule has 6 nitrogen and oxygen atoms in total. The van der Waals surface area contributed by atoms with Crippen LogP contribution in [-0.4, -0.2) is 38.1 Å². The van der Waals surface area contributed by atoms with Gasteiger partial charge in [0, 0.05) is 14.0 Å². The van der Waals surface area contributed by atoms with Gasteiger partial charge in [-0.2, -0.15) is 4.68 Å². The van der Waals surface area contributed by atoms with Crippen LogP contribution in [0.3, 0.4) is 0 Å². The summed E-state index contributed by atoms with van der Waals surface area (Å²) in [6.07, 6.45) is 0.